The van der Waals surface area contributed by atoms with Crippen molar-refractivity contribution in [2.75, 3.05) is 38.1 Å². The van der Waals surface area contributed by atoms with E-state index in [9.17, 15) is 9.59 Å². The van der Waals surface area contributed by atoms with Gasteiger partial charge < -0.3 is 24.4 Å². The summed E-state index contributed by atoms with van der Waals surface area (Å²) in [5.41, 5.74) is 1.22. The molecule has 1 saturated heterocycles. The second-order valence-corrected chi connectivity index (χ2v) is 6.72. The Kier molecular flexibility index (Phi) is 5.94. The summed E-state index contributed by atoms with van der Waals surface area (Å²) in [4.78, 5) is 26.7. The lowest BCUT2D eigenvalue weighted by atomic mass is 10.1. The molecule has 0 aliphatic carbocycles. The van der Waals surface area contributed by atoms with Crippen LogP contribution in [0.2, 0.25) is 5.02 Å². The topological polar surface area (TPSA) is 77.1 Å². The van der Waals surface area contributed by atoms with Crippen LogP contribution in [0.4, 0.5) is 11.4 Å². The zero-order chi connectivity index (χ0) is 20.3. The number of nitrogens with zero attached hydrogens (tertiary/aromatic N) is 1. The molecular formula is C20H21ClN2O5. The Labute approximate surface area is 168 Å². The molecule has 1 atom stereocenters. The molecule has 2 aromatic carbocycles. The highest BCUT2D eigenvalue weighted by Gasteiger charge is 2.35. The Morgan fingerprint density at radius 1 is 1.07 bits per heavy atom. The molecule has 0 saturated carbocycles. The first-order valence-corrected chi connectivity index (χ1v) is 9.01. The first kappa shape index (κ1) is 19.8. The number of carbonyl (C=O) groups excluding carboxylic acids is 2. The summed E-state index contributed by atoms with van der Waals surface area (Å²) >= 11 is 5.90. The van der Waals surface area contributed by atoms with Gasteiger partial charge in [0.1, 0.15) is 0 Å². The third-order valence-corrected chi connectivity index (χ3v) is 4.82. The number of hydrogen-bond acceptors (Lipinski definition) is 5. The smallest absolute Gasteiger partial charge is 0.229 e. The number of carbonyl (C=O) groups is 2. The largest absolute Gasteiger partial charge is 0.493 e. The average Bonchev–Trinajstić information content (AvgIpc) is 3.09. The molecular weight excluding hydrogens is 384 g/mol. The second kappa shape index (κ2) is 8.39. The lowest BCUT2D eigenvalue weighted by Crippen LogP contribution is -2.28. The summed E-state index contributed by atoms with van der Waals surface area (Å²) < 4.78 is 15.9. The van der Waals surface area contributed by atoms with E-state index in [4.69, 9.17) is 25.8 Å². The number of rotatable bonds is 6. The molecule has 7 nitrogen and oxygen atoms in total. The summed E-state index contributed by atoms with van der Waals surface area (Å²) in [7, 11) is 4.51. The number of amides is 2. The van der Waals surface area contributed by atoms with Crippen molar-refractivity contribution in [1.29, 1.82) is 0 Å². The Bertz CT molecular complexity index is 860. The highest BCUT2D eigenvalue weighted by molar-refractivity contribution is 6.30. The second-order valence-electron chi connectivity index (χ2n) is 6.29. The normalized spacial score (nSPS) is 16.1. The zero-order valence-corrected chi connectivity index (χ0v) is 16.6. The average molecular weight is 405 g/mol. The Balaban J connectivity index is 1.75. The summed E-state index contributed by atoms with van der Waals surface area (Å²) in [5.74, 6) is 0.478. The van der Waals surface area contributed by atoms with Crippen molar-refractivity contribution in [2.24, 2.45) is 5.92 Å². The molecule has 1 N–H and O–H groups in total. The zero-order valence-electron chi connectivity index (χ0n) is 15.8. The molecule has 1 heterocycles. The van der Waals surface area contributed by atoms with Crippen molar-refractivity contribution >= 4 is 34.8 Å². The predicted molar refractivity (Wildman–Crippen MR) is 107 cm³/mol. The summed E-state index contributed by atoms with van der Waals surface area (Å²) in [6, 6.07) is 10.3. The van der Waals surface area contributed by atoms with Crippen LogP contribution in [0.1, 0.15) is 6.42 Å². The van der Waals surface area contributed by atoms with Gasteiger partial charge in [0.05, 0.1) is 27.2 Å². The van der Waals surface area contributed by atoms with Crippen LogP contribution in [-0.4, -0.2) is 39.7 Å². The highest BCUT2D eigenvalue weighted by atomic mass is 35.5. The van der Waals surface area contributed by atoms with Crippen molar-refractivity contribution in [3.05, 3.63) is 41.4 Å². The van der Waals surface area contributed by atoms with Gasteiger partial charge in [0.15, 0.2) is 11.5 Å². The molecule has 0 aromatic heterocycles. The third kappa shape index (κ3) is 3.99. The standard InChI is InChI=1S/C20H21ClN2O5/c1-26-16-9-14(10-17(27-2)19(16)28-3)22-20(25)12-8-18(24)23(11-12)15-6-4-13(21)5-7-15/h4-7,9-10,12H,8,11H2,1-3H3,(H,22,25)/t12-/m0/s1. The van der Waals surface area contributed by atoms with E-state index in [2.05, 4.69) is 5.32 Å². The van der Waals surface area contributed by atoms with E-state index >= 15 is 0 Å². The van der Waals surface area contributed by atoms with Crippen molar-refractivity contribution < 1.29 is 23.8 Å². The van der Waals surface area contributed by atoms with E-state index < -0.39 is 5.92 Å². The molecule has 0 spiro atoms. The van der Waals surface area contributed by atoms with Crippen LogP contribution in [0, 0.1) is 5.92 Å². The van der Waals surface area contributed by atoms with Gasteiger partial charge in [-0.05, 0) is 24.3 Å². The maximum atomic E-state index is 12.7. The van der Waals surface area contributed by atoms with Crippen molar-refractivity contribution in [1.82, 2.24) is 0 Å². The van der Waals surface area contributed by atoms with Crippen LogP contribution in [-0.2, 0) is 9.59 Å². The van der Waals surface area contributed by atoms with Gasteiger partial charge in [-0.15, -0.1) is 0 Å². The Hall–Kier alpha value is -2.93. The van der Waals surface area contributed by atoms with Crippen LogP contribution in [0.3, 0.4) is 0 Å². The third-order valence-electron chi connectivity index (χ3n) is 4.57. The van der Waals surface area contributed by atoms with E-state index in [0.717, 1.165) is 5.69 Å². The van der Waals surface area contributed by atoms with Gasteiger partial charge in [-0.2, -0.15) is 0 Å². The van der Waals surface area contributed by atoms with Gasteiger partial charge in [0.2, 0.25) is 17.6 Å². The van der Waals surface area contributed by atoms with Crippen molar-refractivity contribution in [3.8, 4) is 17.2 Å². The highest BCUT2D eigenvalue weighted by Crippen LogP contribution is 2.40. The first-order chi connectivity index (χ1) is 13.5. The quantitative estimate of drug-likeness (QED) is 0.798. The molecule has 8 heteroatoms. The van der Waals surface area contributed by atoms with E-state index in [1.54, 1.807) is 41.3 Å². The lowest BCUT2D eigenvalue weighted by molar-refractivity contribution is -0.122. The minimum absolute atomic E-state index is 0.104. The Morgan fingerprint density at radius 3 is 2.21 bits per heavy atom. The number of methoxy groups -OCH3 is 3. The van der Waals surface area contributed by atoms with E-state index in [0.29, 0.717) is 34.5 Å². The van der Waals surface area contributed by atoms with Gasteiger partial charge >= 0.3 is 0 Å². The predicted octanol–water partition coefficient (Wildman–Crippen LogP) is 3.36. The van der Waals surface area contributed by atoms with E-state index in [-0.39, 0.29) is 18.2 Å². The van der Waals surface area contributed by atoms with Crippen LogP contribution in [0.15, 0.2) is 36.4 Å². The SMILES string of the molecule is COc1cc(NC(=O)[C@H]2CC(=O)N(c3ccc(Cl)cc3)C2)cc(OC)c1OC. The number of anilines is 2. The van der Waals surface area contributed by atoms with Gasteiger partial charge in [0, 0.05) is 41.5 Å². The Morgan fingerprint density at radius 2 is 1.68 bits per heavy atom. The lowest BCUT2D eigenvalue weighted by Gasteiger charge is -2.17. The number of ether oxygens (including phenoxy) is 3. The first-order valence-electron chi connectivity index (χ1n) is 8.63. The fourth-order valence-corrected chi connectivity index (χ4v) is 3.28. The molecule has 0 unspecified atom stereocenters. The van der Waals surface area contributed by atoms with Gasteiger partial charge in [-0.3, -0.25) is 9.59 Å². The minimum Gasteiger partial charge on any atom is -0.493 e. The van der Waals surface area contributed by atoms with Gasteiger partial charge in [0.25, 0.3) is 0 Å². The van der Waals surface area contributed by atoms with Crippen LogP contribution >= 0.6 is 11.6 Å². The molecule has 1 aliphatic heterocycles. The number of hydrogen-bond donors (Lipinski definition) is 1. The molecule has 1 fully saturated rings. The molecule has 1 aliphatic rings. The van der Waals surface area contributed by atoms with Gasteiger partial charge in [-0.25, -0.2) is 0 Å². The molecule has 0 bridgehead atoms. The molecule has 148 valence electrons. The van der Waals surface area contributed by atoms with Gasteiger partial charge in [-0.1, -0.05) is 11.6 Å². The molecule has 2 amide bonds. The summed E-state index contributed by atoms with van der Waals surface area (Å²) in [6.07, 6.45) is 0.138. The molecule has 0 radical (unpaired) electrons. The fourth-order valence-electron chi connectivity index (χ4n) is 3.15. The van der Waals surface area contributed by atoms with Crippen LogP contribution < -0.4 is 24.4 Å². The maximum Gasteiger partial charge on any atom is 0.229 e. The van der Waals surface area contributed by atoms with E-state index in [1.165, 1.54) is 21.3 Å². The van der Waals surface area contributed by atoms with Crippen LogP contribution in [0.25, 0.3) is 0 Å². The number of benzene rings is 2. The summed E-state index contributed by atoms with van der Waals surface area (Å²) in [6.45, 7) is 0.302. The maximum absolute atomic E-state index is 12.7. The molecule has 28 heavy (non-hydrogen) atoms. The summed E-state index contributed by atoms with van der Waals surface area (Å²) in [5, 5.41) is 3.42. The fraction of sp³-hybridized carbons (Fsp3) is 0.300. The molecule has 3 rings (SSSR count). The van der Waals surface area contributed by atoms with E-state index in [1.807, 2.05) is 0 Å². The number of halogens is 1. The minimum atomic E-state index is -0.470. The molecule has 2 aromatic rings. The monoisotopic (exact) mass is 404 g/mol. The van der Waals surface area contributed by atoms with Crippen molar-refractivity contribution in [2.45, 2.75) is 6.42 Å². The number of nitrogens with one attached hydrogen (secondary N) is 1. The van der Waals surface area contributed by atoms with Crippen LogP contribution in [0.5, 0.6) is 17.2 Å². The van der Waals surface area contributed by atoms with Crippen molar-refractivity contribution in [3.63, 3.8) is 0 Å².